The second-order valence-electron chi connectivity index (χ2n) is 8.40. The normalized spacial score (nSPS) is 14.4. The molecule has 0 saturated carbocycles. The smallest absolute Gasteiger partial charge is 0.298 e. The number of oxazole rings is 1. The molecule has 0 unspecified atom stereocenters. The fourth-order valence-corrected chi connectivity index (χ4v) is 4.38. The van der Waals surface area contributed by atoms with Gasteiger partial charge in [0.15, 0.2) is 5.58 Å². The zero-order valence-electron chi connectivity index (χ0n) is 18.7. The third-order valence-electron chi connectivity index (χ3n) is 6.20. The highest BCUT2D eigenvalue weighted by atomic mass is 16.5. The van der Waals surface area contributed by atoms with Gasteiger partial charge in [0.25, 0.3) is 6.01 Å². The van der Waals surface area contributed by atoms with Crippen molar-refractivity contribution in [3.63, 3.8) is 0 Å². The van der Waals surface area contributed by atoms with Gasteiger partial charge in [0.1, 0.15) is 11.3 Å². The van der Waals surface area contributed by atoms with E-state index < -0.39 is 0 Å². The predicted molar refractivity (Wildman–Crippen MR) is 130 cm³/mol. The topological polar surface area (TPSA) is 67.6 Å². The van der Waals surface area contributed by atoms with E-state index in [1.54, 1.807) is 7.11 Å². The average molecular weight is 442 g/mol. The molecule has 6 nitrogen and oxygen atoms in total. The summed E-state index contributed by atoms with van der Waals surface area (Å²) in [6.07, 6.45) is 2.27. The van der Waals surface area contributed by atoms with Crippen LogP contribution in [0.4, 0.5) is 11.7 Å². The van der Waals surface area contributed by atoms with E-state index in [0.29, 0.717) is 6.01 Å². The maximum atomic E-state index is 13.0. The third kappa shape index (κ3) is 4.70. The first-order valence-corrected chi connectivity index (χ1v) is 11.3. The highest BCUT2D eigenvalue weighted by Gasteiger charge is 2.27. The van der Waals surface area contributed by atoms with Crippen molar-refractivity contribution in [1.29, 1.82) is 0 Å². The molecule has 168 valence electrons. The fraction of sp³-hybridized carbons (Fsp3) is 0.259. The fourth-order valence-electron chi connectivity index (χ4n) is 4.38. The average Bonchev–Trinajstić information content (AvgIpc) is 3.29. The van der Waals surface area contributed by atoms with Crippen molar-refractivity contribution in [1.82, 2.24) is 4.98 Å². The number of piperidine rings is 1. The van der Waals surface area contributed by atoms with Crippen molar-refractivity contribution in [2.24, 2.45) is 5.92 Å². The molecule has 0 aliphatic carbocycles. The van der Waals surface area contributed by atoms with Crippen molar-refractivity contribution < 1.29 is 13.9 Å². The first-order chi connectivity index (χ1) is 16.2. The molecule has 1 amide bonds. The van der Waals surface area contributed by atoms with Crippen LogP contribution < -0.4 is 15.0 Å². The van der Waals surface area contributed by atoms with E-state index in [1.807, 2.05) is 60.7 Å². The Labute approximate surface area is 193 Å². The number of fused-ring (bicyclic) bond motifs is 1. The van der Waals surface area contributed by atoms with Gasteiger partial charge in [0, 0.05) is 36.7 Å². The standard InChI is InChI=1S/C27H27N3O3/c1-32-24-12-11-22(18-21(24)17-19-7-3-2-4-8-19)28-26(31)20-13-15-30(16-14-20)27-29-23-9-5-6-10-25(23)33-27/h2-12,18,20H,13-17H2,1H3,(H,28,31). The van der Waals surface area contributed by atoms with Gasteiger partial charge in [-0.05, 0) is 48.7 Å². The number of aromatic nitrogens is 1. The summed E-state index contributed by atoms with van der Waals surface area (Å²) in [5.41, 5.74) is 4.70. The highest BCUT2D eigenvalue weighted by molar-refractivity contribution is 5.93. The second-order valence-corrected chi connectivity index (χ2v) is 8.40. The number of rotatable bonds is 6. The minimum absolute atomic E-state index is 0.0368. The van der Waals surface area contributed by atoms with Gasteiger partial charge in [-0.3, -0.25) is 4.79 Å². The predicted octanol–water partition coefficient (Wildman–Crippen LogP) is 5.28. The lowest BCUT2D eigenvalue weighted by molar-refractivity contribution is -0.120. The number of carbonyl (C=O) groups excluding carboxylic acids is 1. The van der Waals surface area contributed by atoms with Crippen LogP contribution >= 0.6 is 0 Å². The van der Waals surface area contributed by atoms with Crippen LogP contribution in [0.25, 0.3) is 11.1 Å². The number of anilines is 2. The van der Waals surface area contributed by atoms with Crippen LogP contribution in [0.15, 0.2) is 77.2 Å². The number of methoxy groups -OCH3 is 1. The van der Waals surface area contributed by atoms with Gasteiger partial charge in [0.2, 0.25) is 5.91 Å². The second kappa shape index (κ2) is 9.36. The summed E-state index contributed by atoms with van der Waals surface area (Å²) >= 11 is 0. The van der Waals surface area contributed by atoms with Crippen LogP contribution in [0.1, 0.15) is 24.0 Å². The summed E-state index contributed by atoms with van der Waals surface area (Å²) in [6, 6.07) is 24.5. The number of nitrogens with one attached hydrogen (secondary N) is 1. The van der Waals surface area contributed by atoms with Crippen molar-refractivity contribution in [3.05, 3.63) is 83.9 Å². The van der Waals surface area contributed by atoms with Crippen LogP contribution in [0.2, 0.25) is 0 Å². The molecule has 6 heteroatoms. The molecule has 4 aromatic rings. The van der Waals surface area contributed by atoms with Gasteiger partial charge < -0.3 is 19.4 Å². The molecule has 3 aromatic carbocycles. The van der Waals surface area contributed by atoms with Gasteiger partial charge in [0.05, 0.1) is 7.11 Å². The third-order valence-corrected chi connectivity index (χ3v) is 6.20. The van der Waals surface area contributed by atoms with Crippen LogP contribution in [0.5, 0.6) is 5.75 Å². The molecule has 1 saturated heterocycles. The monoisotopic (exact) mass is 441 g/mol. The molecule has 1 aromatic heterocycles. The Balaban J connectivity index is 1.22. The molecule has 0 atom stereocenters. The molecule has 1 aliphatic rings. The summed E-state index contributed by atoms with van der Waals surface area (Å²) in [5, 5.41) is 3.11. The molecule has 33 heavy (non-hydrogen) atoms. The summed E-state index contributed by atoms with van der Waals surface area (Å²) in [5.74, 6) is 0.844. The molecule has 0 spiro atoms. The van der Waals surface area contributed by atoms with Crippen LogP contribution in [0.3, 0.4) is 0 Å². The van der Waals surface area contributed by atoms with Crippen molar-refractivity contribution in [2.45, 2.75) is 19.3 Å². The molecule has 1 aliphatic heterocycles. The Morgan fingerprint density at radius 3 is 2.58 bits per heavy atom. The number of para-hydroxylation sites is 2. The number of hydrogen-bond acceptors (Lipinski definition) is 5. The van der Waals surface area contributed by atoms with Crippen LogP contribution in [-0.2, 0) is 11.2 Å². The highest BCUT2D eigenvalue weighted by Crippen LogP contribution is 2.29. The lowest BCUT2D eigenvalue weighted by Crippen LogP contribution is -2.38. The number of nitrogens with zero attached hydrogens (tertiary/aromatic N) is 2. The largest absolute Gasteiger partial charge is 0.496 e. The Bertz CT molecular complexity index is 1210. The number of amides is 1. The van der Waals surface area contributed by atoms with Crippen molar-refractivity contribution in [3.8, 4) is 5.75 Å². The molecule has 1 fully saturated rings. The van der Waals surface area contributed by atoms with E-state index >= 15 is 0 Å². The Hall–Kier alpha value is -3.80. The molecule has 5 rings (SSSR count). The Morgan fingerprint density at radius 2 is 1.82 bits per heavy atom. The van der Waals surface area contributed by atoms with E-state index in [2.05, 4.69) is 27.3 Å². The number of ether oxygens (including phenoxy) is 1. The van der Waals surface area contributed by atoms with Crippen LogP contribution in [-0.4, -0.2) is 31.1 Å². The van der Waals surface area contributed by atoms with Crippen molar-refractivity contribution >= 4 is 28.7 Å². The van der Waals surface area contributed by atoms with Gasteiger partial charge in [-0.15, -0.1) is 0 Å². The van der Waals surface area contributed by atoms with E-state index in [4.69, 9.17) is 9.15 Å². The summed E-state index contributed by atoms with van der Waals surface area (Å²) in [6.45, 7) is 1.49. The van der Waals surface area contributed by atoms with Gasteiger partial charge in [-0.25, -0.2) is 0 Å². The Morgan fingerprint density at radius 1 is 1.06 bits per heavy atom. The quantitative estimate of drug-likeness (QED) is 0.441. The molecular weight excluding hydrogens is 414 g/mol. The van der Waals surface area contributed by atoms with E-state index in [-0.39, 0.29) is 11.8 Å². The van der Waals surface area contributed by atoms with Gasteiger partial charge in [-0.2, -0.15) is 4.98 Å². The zero-order valence-corrected chi connectivity index (χ0v) is 18.7. The zero-order chi connectivity index (χ0) is 22.6. The molecule has 2 heterocycles. The number of carbonyl (C=O) groups is 1. The minimum Gasteiger partial charge on any atom is -0.496 e. The van der Waals surface area contributed by atoms with Crippen LogP contribution in [0, 0.1) is 5.92 Å². The first kappa shape index (κ1) is 21.1. The van der Waals surface area contributed by atoms with Crippen molar-refractivity contribution in [2.75, 3.05) is 30.4 Å². The van der Waals surface area contributed by atoms with E-state index in [0.717, 1.165) is 60.5 Å². The number of hydrogen-bond donors (Lipinski definition) is 1. The van der Waals surface area contributed by atoms with Gasteiger partial charge in [-0.1, -0.05) is 42.5 Å². The summed E-state index contributed by atoms with van der Waals surface area (Å²) in [7, 11) is 1.67. The lowest BCUT2D eigenvalue weighted by Gasteiger charge is -2.30. The summed E-state index contributed by atoms with van der Waals surface area (Å²) < 4.78 is 11.4. The van der Waals surface area contributed by atoms with Gasteiger partial charge >= 0.3 is 0 Å². The molecule has 1 N–H and O–H groups in total. The van der Waals surface area contributed by atoms with E-state index in [9.17, 15) is 4.79 Å². The molecule has 0 radical (unpaired) electrons. The maximum absolute atomic E-state index is 13.0. The first-order valence-electron chi connectivity index (χ1n) is 11.3. The Kier molecular flexibility index (Phi) is 5.98. The van der Waals surface area contributed by atoms with E-state index in [1.165, 1.54) is 5.56 Å². The molecular formula is C27H27N3O3. The lowest BCUT2D eigenvalue weighted by atomic mass is 9.96. The SMILES string of the molecule is COc1ccc(NC(=O)C2CCN(c3nc4ccccc4o3)CC2)cc1Cc1ccccc1. The summed E-state index contributed by atoms with van der Waals surface area (Å²) in [4.78, 5) is 19.7. The number of benzene rings is 3. The minimum atomic E-state index is -0.0368. The molecule has 0 bridgehead atoms. The maximum Gasteiger partial charge on any atom is 0.298 e.